The molecule has 6 heteroatoms. The molecule has 0 amide bonds. The lowest BCUT2D eigenvalue weighted by molar-refractivity contribution is 0.114. The lowest BCUT2D eigenvalue weighted by Crippen LogP contribution is -2.41. The van der Waals surface area contributed by atoms with Crippen molar-refractivity contribution in [1.82, 2.24) is 10.2 Å². The quantitative estimate of drug-likeness (QED) is 0.639. The van der Waals surface area contributed by atoms with Crippen LogP contribution in [0.1, 0.15) is 31.7 Å². The summed E-state index contributed by atoms with van der Waals surface area (Å²) in [7, 11) is 1.75. The summed E-state index contributed by atoms with van der Waals surface area (Å²) in [4.78, 5) is 6.53. The van der Waals surface area contributed by atoms with E-state index in [1.807, 2.05) is 13.8 Å². The van der Waals surface area contributed by atoms with Crippen LogP contribution in [0.2, 0.25) is 0 Å². The van der Waals surface area contributed by atoms with E-state index in [1.54, 1.807) is 7.05 Å². The van der Waals surface area contributed by atoms with Crippen molar-refractivity contribution in [3.63, 3.8) is 0 Å². The number of aliphatic imine (C=N–C) groups is 1. The van der Waals surface area contributed by atoms with Gasteiger partial charge in [0.05, 0.1) is 6.61 Å². The molecule has 1 aliphatic heterocycles. The van der Waals surface area contributed by atoms with Crippen molar-refractivity contribution in [2.45, 2.75) is 26.2 Å². The van der Waals surface area contributed by atoms with Crippen molar-refractivity contribution in [2.24, 2.45) is 10.9 Å². The zero-order valence-electron chi connectivity index (χ0n) is 14.7. The third-order valence-corrected chi connectivity index (χ3v) is 4.41. The Morgan fingerprint density at radius 2 is 2.25 bits per heavy atom. The van der Waals surface area contributed by atoms with Crippen LogP contribution < -0.4 is 5.32 Å². The van der Waals surface area contributed by atoms with Gasteiger partial charge >= 0.3 is 0 Å². The van der Waals surface area contributed by atoms with Gasteiger partial charge in [-0.25, -0.2) is 8.78 Å². The summed E-state index contributed by atoms with van der Waals surface area (Å²) in [6.07, 6.45) is 1.09. The lowest BCUT2D eigenvalue weighted by atomic mass is 10.0. The van der Waals surface area contributed by atoms with Crippen LogP contribution in [-0.4, -0.2) is 50.8 Å². The van der Waals surface area contributed by atoms with Crippen molar-refractivity contribution < 1.29 is 13.5 Å². The zero-order valence-corrected chi connectivity index (χ0v) is 14.7. The molecule has 134 valence electrons. The van der Waals surface area contributed by atoms with Crippen molar-refractivity contribution in [3.05, 3.63) is 35.4 Å². The molecule has 0 spiro atoms. The molecular weight excluding hydrogens is 312 g/mol. The normalized spacial score (nSPS) is 19.6. The topological polar surface area (TPSA) is 36.9 Å². The molecule has 1 fully saturated rings. The van der Waals surface area contributed by atoms with Crippen LogP contribution in [0.3, 0.4) is 0 Å². The van der Waals surface area contributed by atoms with Gasteiger partial charge in [-0.1, -0.05) is 13.0 Å². The molecule has 1 N–H and O–H groups in total. The van der Waals surface area contributed by atoms with Gasteiger partial charge in [-0.2, -0.15) is 0 Å². The van der Waals surface area contributed by atoms with E-state index in [0.717, 1.165) is 44.8 Å². The molecule has 1 saturated heterocycles. The van der Waals surface area contributed by atoms with Gasteiger partial charge in [-0.3, -0.25) is 4.99 Å². The first-order valence-electron chi connectivity index (χ1n) is 8.53. The first kappa shape index (κ1) is 18.6. The van der Waals surface area contributed by atoms with E-state index in [9.17, 15) is 8.78 Å². The minimum Gasteiger partial charge on any atom is -0.381 e. The van der Waals surface area contributed by atoms with Crippen molar-refractivity contribution in [2.75, 3.05) is 39.9 Å². The maximum Gasteiger partial charge on any atom is 0.193 e. The maximum absolute atomic E-state index is 13.9. The summed E-state index contributed by atoms with van der Waals surface area (Å²) < 4.78 is 32.4. The molecule has 2 unspecified atom stereocenters. The lowest BCUT2D eigenvalue weighted by Gasteiger charge is -2.23. The van der Waals surface area contributed by atoms with Crippen LogP contribution >= 0.6 is 0 Å². The zero-order chi connectivity index (χ0) is 17.5. The van der Waals surface area contributed by atoms with E-state index in [0.29, 0.717) is 18.0 Å². The molecule has 1 heterocycles. The first-order valence-corrected chi connectivity index (χ1v) is 8.53. The monoisotopic (exact) mass is 339 g/mol. The summed E-state index contributed by atoms with van der Waals surface area (Å²) in [6, 6.07) is 3.73. The second-order valence-electron chi connectivity index (χ2n) is 6.26. The Morgan fingerprint density at radius 3 is 2.92 bits per heavy atom. The third-order valence-electron chi connectivity index (χ3n) is 4.41. The minimum absolute atomic E-state index is 0.0795. The highest BCUT2D eigenvalue weighted by molar-refractivity contribution is 5.80. The minimum atomic E-state index is -0.551. The number of guanidine groups is 1. The molecule has 1 aliphatic rings. The second-order valence-corrected chi connectivity index (χ2v) is 6.26. The highest BCUT2D eigenvalue weighted by Gasteiger charge is 2.25. The van der Waals surface area contributed by atoms with Crippen LogP contribution in [0.25, 0.3) is 0 Å². The Kier molecular flexibility index (Phi) is 6.97. The van der Waals surface area contributed by atoms with Gasteiger partial charge in [0.15, 0.2) is 5.96 Å². The van der Waals surface area contributed by atoms with E-state index >= 15 is 0 Å². The smallest absolute Gasteiger partial charge is 0.193 e. The predicted octanol–water partition coefficient (Wildman–Crippen LogP) is 3.00. The summed E-state index contributed by atoms with van der Waals surface area (Å²) in [5.74, 6) is 0.213. The Morgan fingerprint density at radius 1 is 1.46 bits per heavy atom. The number of halogens is 2. The van der Waals surface area contributed by atoms with Crippen molar-refractivity contribution in [3.8, 4) is 0 Å². The molecule has 0 radical (unpaired) electrons. The largest absolute Gasteiger partial charge is 0.381 e. The maximum atomic E-state index is 13.9. The number of likely N-dealkylation sites (tertiary alicyclic amines) is 1. The van der Waals surface area contributed by atoms with E-state index < -0.39 is 11.6 Å². The van der Waals surface area contributed by atoms with Gasteiger partial charge in [0.1, 0.15) is 11.6 Å². The number of rotatable bonds is 6. The molecule has 0 bridgehead atoms. The number of hydrogen-bond donors (Lipinski definition) is 1. The molecule has 2 atom stereocenters. The molecule has 2 rings (SSSR count). The Balaban J connectivity index is 1.87. The van der Waals surface area contributed by atoms with Crippen LogP contribution in [0.5, 0.6) is 0 Å². The summed E-state index contributed by atoms with van der Waals surface area (Å²) in [6.45, 7) is 7.84. The first-order chi connectivity index (χ1) is 11.5. The average Bonchev–Trinajstić information content (AvgIpc) is 3.02. The molecule has 0 saturated carbocycles. The fourth-order valence-corrected chi connectivity index (χ4v) is 3.03. The fraction of sp³-hybridized carbons (Fsp3) is 0.611. The molecule has 0 aromatic heterocycles. The van der Waals surface area contributed by atoms with E-state index in [-0.39, 0.29) is 5.92 Å². The molecule has 4 nitrogen and oxygen atoms in total. The van der Waals surface area contributed by atoms with Gasteiger partial charge in [0, 0.05) is 51.2 Å². The van der Waals surface area contributed by atoms with Crippen LogP contribution in [0.4, 0.5) is 8.78 Å². The number of nitrogens with zero attached hydrogens (tertiary/aromatic N) is 2. The number of nitrogens with one attached hydrogen (secondary N) is 1. The number of benzene rings is 1. The fourth-order valence-electron chi connectivity index (χ4n) is 3.03. The van der Waals surface area contributed by atoms with Gasteiger partial charge in [-0.05, 0) is 25.0 Å². The Bertz CT molecular complexity index is 565. The van der Waals surface area contributed by atoms with Crippen molar-refractivity contribution >= 4 is 5.96 Å². The number of ether oxygens (including phenoxy) is 1. The van der Waals surface area contributed by atoms with Gasteiger partial charge < -0.3 is 15.0 Å². The highest BCUT2D eigenvalue weighted by atomic mass is 19.1. The summed E-state index contributed by atoms with van der Waals surface area (Å²) in [5, 5.41) is 3.30. The van der Waals surface area contributed by atoms with Gasteiger partial charge in [0.25, 0.3) is 0 Å². The van der Waals surface area contributed by atoms with Gasteiger partial charge in [0.2, 0.25) is 0 Å². The SMILES string of the molecule is CCOCC1CCN(C(=NC)NCC(C)c2ccc(F)cc2F)C1. The predicted molar refractivity (Wildman–Crippen MR) is 92.3 cm³/mol. The Hall–Kier alpha value is -1.69. The summed E-state index contributed by atoms with van der Waals surface area (Å²) >= 11 is 0. The van der Waals surface area contributed by atoms with Crippen molar-refractivity contribution in [1.29, 1.82) is 0 Å². The third kappa shape index (κ3) is 4.90. The molecule has 1 aromatic rings. The van der Waals surface area contributed by atoms with Crippen LogP contribution in [0.15, 0.2) is 23.2 Å². The van der Waals surface area contributed by atoms with E-state index in [4.69, 9.17) is 4.74 Å². The average molecular weight is 339 g/mol. The standard InChI is InChI=1S/C18H27F2N3O/c1-4-24-12-14-7-8-23(11-14)18(21-3)22-10-13(2)16-6-5-15(19)9-17(16)20/h5-6,9,13-14H,4,7-8,10-12H2,1-3H3,(H,21,22). The molecule has 0 aliphatic carbocycles. The number of hydrogen-bond acceptors (Lipinski definition) is 2. The van der Waals surface area contributed by atoms with Crippen LogP contribution in [-0.2, 0) is 4.74 Å². The van der Waals surface area contributed by atoms with Gasteiger partial charge in [-0.15, -0.1) is 0 Å². The second kappa shape index (κ2) is 8.97. The van der Waals surface area contributed by atoms with E-state index in [1.165, 1.54) is 12.1 Å². The summed E-state index contributed by atoms with van der Waals surface area (Å²) in [5.41, 5.74) is 0.509. The Labute approximate surface area is 142 Å². The van der Waals surface area contributed by atoms with E-state index in [2.05, 4.69) is 15.2 Å². The molecule has 1 aromatic carbocycles. The van der Waals surface area contributed by atoms with Crippen LogP contribution in [0, 0.1) is 17.6 Å². The highest BCUT2D eigenvalue weighted by Crippen LogP contribution is 2.20. The molecular formula is C18H27F2N3O. The molecule has 24 heavy (non-hydrogen) atoms.